The third kappa shape index (κ3) is 6.63. The zero-order valence-corrected chi connectivity index (χ0v) is 22.6. The van der Waals surface area contributed by atoms with Gasteiger partial charge in [-0.2, -0.15) is 10.4 Å². The Morgan fingerprint density at radius 3 is 2.46 bits per heavy atom. The Bertz CT molecular complexity index is 1480. The SMILES string of the molecule is C=C(Nc1ccccc1F)Nc1cc(C2(C)CC(C)C2)nn1-c1ccc(C#N)cc1.CCc1ccnc(N)c1. The van der Waals surface area contributed by atoms with Crippen molar-refractivity contribution in [3.05, 3.63) is 108 Å². The van der Waals surface area contributed by atoms with Crippen LogP contribution >= 0.6 is 0 Å². The fourth-order valence-corrected chi connectivity index (χ4v) is 4.95. The van der Waals surface area contributed by atoms with Crippen LogP contribution in [0.4, 0.5) is 21.7 Å². The molecule has 1 aliphatic carbocycles. The second kappa shape index (κ2) is 11.8. The zero-order valence-electron chi connectivity index (χ0n) is 22.6. The number of benzene rings is 2. The van der Waals surface area contributed by atoms with Crippen LogP contribution in [0.15, 0.2) is 85.3 Å². The second-order valence-corrected chi connectivity index (χ2v) is 10.2. The van der Waals surface area contributed by atoms with Crippen molar-refractivity contribution in [2.45, 2.75) is 45.4 Å². The average Bonchev–Trinajstić information content (AvgIpc) is 3.33. The van der Waals surface area contributed by atoms with Crippen LogP contribution in [0.1, 0.15) is 50.4 Å². The highest BCUT2D eigenvalue weighted by Crippen LogP contribution is 2.47. The molecule has 0 saturated heterocycles. The molecule has 5 rings (SSSR count). The van der Waals surface area contributed by atoms with E-state index < -0.39 is 0 Å². The molecule has 2 aromatic heterocycles. The molecule has 7 nitrogen and oxygen atoms in total. The van der Waals surface area contributed by atoms with Crippen LogP contribution in [0.2, 0.25) is 0 Å². The quantitative estimate of drug-likeness (QED) is 0.246. The maximum absolute atomic E-state index is 14.0. The summed E-state index contributed by atoms with van der Waals surface area (Å²) in [6, 6.07) is 21.7. The largest absolute Gasteiger partial charge is 0.384 e. The fraction of sp³-hybridized carbons (Fsp3) is 0.258. The van der Waals surface area contributed by atoms with Crippen molar-refractivity contribution in [3.63, 3.8) is 0 Å². The molecule has 2 heterocycles. The first-order valence-electron chi connectivity index (χ1n) is 13.0. The molecule has 0 bridgehead atoms. The summed E-state index contributed by atoms with van der Waals surface area (Å²) in [6.45, 7) is 10.6. The number of anilines is 3. The highest BCUT2D eigenvalue weighted by atomic mass is 19.1. The third-order valence-electron chi connectivity index (χ3n) is 6.86. The van der Waals surface area contributed by atoms with Gasteiger partial charge in [-0.25, -0.2) is 14.1 Å². The monoisotopic (exact) mass is 523 g/mol. The number of rotatable bonds is 7. The lowest BCUT2D eigenvalue weighted by molar-refractivity contribution is 0.172. The topological polar surface area (TPSA) is 105 Å². The number of nitrogens with two attached hydrogens (primary N) is 1. The van der Waals surface area contributed by atoms with Crippen molar-refractivity contribution in [1.29, 1.82) is 5.26 Å². The summed E-state index contributed by atoms with van der Waals surface area (Å²) >= 11 is 0. The van der Waals surface area contributed by atoms with E-state index in [-0.39, 0.29) is 11.2 Å². The van der Waals surface area contributed by atoms with Crippen molar-refractivity contribution >= 4 is 17.3 Å². The number of para-hydroxylation sites is 1. The number of aryl methyl sites for hydroxylation is 1. The Kier molecular flexibility index (Phi) is 8.30. The first-order valence-corrected chi connectivity index (χ1v) is 13.0. The molecule has 0 atom stereocenters. The van der Waals surface area contributed by atoms with E-state index in [0.717, 1.165) is 36.5 Å². The minimum Gasteiger partial charge on any atom is -0.384 e. The Hall–Kier alpha value is -4.64. The Balaban J connectivity index is 0.000000333. The summed E-state index contributed by atoms with van der Waals surface area (Å²) in [6.07, 6.45) is 4.93. The Morgan fingerprint density at radius 2 is 1.87 bits per heavy atom. The van der Waals surface area contributed by atoms with Crippen molar-refractivity contribution in [2.75, 3.05) is 16.4 Å². The van der Waals surface area contributed by atoms with E-state index in [9.17, 15) is 4.39 Å². The fourth-order valence-electron chi connectivity index (χ4n) is 4.95. The van der Waals surface area contributed by atoms with E-state index in [1.165, 1.54) is 11.6 Å². The second-order valence-electron chi connectivity index (χ2n) is 10.2. The van der Waals surface area contributed by atoms with Gasteiger partial charge in [0, 0.05) is 17.7 Å². The van der Waals surface area contributed by atoms with Crippen LogP contribution in [0.25, 0.3) is 5.69 Å². The summed E-state index contributed by atoms with van der Waals surface area (Å²) in [5.74, 6) is 2.11. The number of aromatic nitrogens is 3. The lowest BCUT2D eigenvalue weighted by Crippen LogP contribution is -2.37. The maximum Gasteiger partial charge on any atom is 0.146 e. The van der Waals surface area contributed by atoms with Gasteiger partial charge in [-0.3, -0.25) is 0 Å². The molecule has 4 N–H and O–H groups in total. The standard InChI is InChI=1S/C24H24FN5.C7H10N2/c1-16-13-24(3,14-16)22-12-23(28-17(2)27-21-7-5-4-6-20(21)25)30(29-22)19-10-8-18(15-26)9-11-19;1-2-6-3-4-9-7(8)5-6/h4-12,16,27-28H,2,13-14H2,1,3H3;3-5H,2H2,1H3,(H2,8,9). The van der Waals surface area contributed by atoms with E-state index in [1.54, 1.807) is 41.2 Å². The number of hydrogen-bond donors (Lipinski definition) is 3. The first kappa shape index (κ1) is 27.4. The Labute approximate surface area is 229 Å². The minimum atomic E-state index is -0.349. The molecule has 1 aliphatic rings. The predicted octanol–water partition coefficient (Wildman–Crippen LogP) is 6.79. The molecule has 0 spiro atoms. The van der Waals surface area contributed by atoms with Gasteiger partial charge in [-0.15, -0.1) is 0 Å². The van der Waals surface area contributed by atoms with Crippen molar-refractivity contribution in [3.8, 4) is 11.8 Å². The number of nitrogens with zero attached hydrogens (tertiary/aromatic N) is 4. The highest BCUT2D eigenvalue weighted by molar-refractivity contribution is 5.57. The molecule has 0 amide bonds. The molecular weight excluding hydrogens is 489 g/mol. The number of nitrogen functional groups attached to an aromatic ring is 1. The summed E-state index contributed by atoms with van der Waals surface area (Å²) < 4.78 is 15.8. The molecule has 0 radical (unpaired) electrons. The van der Waals surface area contributed by atoms with Crippen LogP contribution < -0.4 is 16.4 Å². The van der Waals surface area contributed by atoms with Gasteiger partial charge in [0.05, 0.1) is 28.7 Å². The van der Waals surface area contributed by atoms with E-state index in [0.29, 0.717) is 28.8 Å². The summed E-state index contributed by atoms with van der Waals surface area (Å²) in [7, 11) is 0. The van der Waals surface area contributed by atoms with Crippen LogP contribution in [0, 0.1) is 23.1 Å². The summed E-state index contributed by atoms with van der Waals surface area (Å²) in [4.78, 5) is 3.87. The maximum atomic E-state index is 14.0. The molecule has 4 aromatic rings. The molecule has 200 valence electrons. The number of halogens is 1. The zero-order chi connectivity index (χ0) is 28.0. The minimum absolute atomic E-state index is 0.0357. The van der Waals surface area contributed by atoms with Crippen LogP contribution in [0.3, 0.4) is 0 Å². The summed E-state index contributed by atoms with van der Waals surface area (Å²) in [5, 5.41) is 20.1. The molecule has 1 saturated carbocycles. The van der Waals surface area contributed by atoms with Gasteiger partial charge in [0.2, 0.25) is 0 Å². The van der Waals surface area contributed by atoms with E-state index in [4.69, 9.17) is 16.1 Å². The smallest absolute Gasteiger partial charge is 0.146 e. The van der Waals surface area contributed by atoms with Crippen LogP contribution in [-0.2, 0) is 11.8 Å². The van der Waals surface area contributed by atoms with Gasteiger partial charge in [0.1, 0.15) is 23.3 Å². The van der Waals surface area contributed by atoms with Gasteiger partial charge < -0.3 is 16.4 Å². The number of nitrogens with one attached hydrogen (secondary N) is 2. The van der Waals surface area contributed by atoms with Crippen LogP contribution in [0.5, 0.6) is 0 Å². The lowest BCUT2D eigenvalue weighted by atomic mass is 9.62. The lowest BCUT2D eigenvalue weighted by Gasteiger charge is -2.42. The van der Waals surface area contributed by atoms with Crippen molar-refractivity contribution in [1.82, 2.24) is 14.8 Å². The van der Waals surface area contributed by atoms with Gasteiger partial charge in [0.15, 0.2) is 0 Å². The van der Waals surface area contributed by atoms with Gasteiger partial charge in [-0.1, -0.05) is 39.5 Å². The first-order chi connectivity index (χ1) is 18.7. The normalized spacial score (nSPS) is 17.7. The van der Waals surface area contributed by atoms with Gasteiger partial charge in [-0.05, 0) is 79.3 Å². The molecule has 39 heavy (non-hydrogen) atoms. The third-order valence-corrected chi connectivity index (χ3v) is 6.86. The molecule has 0 unspecified atom stereocenters. The van der Waals surface area contributed by atoms with E-state index in [2.05, 4.69) is 49.0 Å². The predicted molar refractivity (Wildman–Crippen MR) is 155 cm³/mol. The molecule has 8 heteroatoms. The average molecular weight is 524 g/mol. The van der Waals surface area contributed by atoms with Crippen molar-refractivity contribution in [2.24, 2.45) is 5.92 Å². The van der Waals surface area contributed by atoms with E-state index in [1.807, 2.05) is 30.3 Å². The van der Waals surface area contributed by atoms with Crippen molar-refractivity contribution < 1.29 is 4.39 Å². The number of nitriles is 1. The summed E-state index contributed by atoms with van der Waals surface area (Å²) in [5.41, 5.74) is 9.47. The number of hydrogen-bond acceptors (Lipinski definition) is 6. The highest BCUT2D eigenvalue weighted by Gasteiger charge is 2.41. The number of pyridine rings is 1. The van der Waals surface area contributed by atoms with Gasteiger partial charge >= 0.3 is 0 Å². The van der Waals surface area contributed by atoms with Crippen LogP contribution in [-0.4, -0.2) is 14.8 Å². The molecular formula is C31H34FN7. The van der Waals surface area contributed by atoms with Gasteiger partial charge in [0.25, 0.3) is 0 Å². The molecule has 0 aliphatic heterocycles. The Morgan fingerprint density at radius 1 is 1.15 bits per heavy atom. The molecule has 2 aromatic carbocycles. The van der Waals surface area contributed by atoms with E-state index >= 15 is 0 Å². The molecule has 1 fully saturated rings.